The Kier molecular flexibility index (Phi) is 4.33. The number of fused-ring (bicyclic) bond motifs is 1. The first-order valence-electron chi connectivity index (χ1n) is 9.20. The van der Waals surface area contributed by atoms with Crippen molar-refractivity contribution in [2.45, 2.75) is 38.6 Å². The predicted molar refractivity (Wildman–Crippen MR) is 103 cm³/mol. The first kappa shape index (κ1) is 16.6. The molecule has 0 aromatic heterocycles. The lowest BCUT2D eigenvalue weighted by Gasteiger charge is -2.33. The lowest BCUT2D eigenvalue weighted by atomic mass is 9.86. The van der Waals surface area contributed by atoms with Gasteiger partial charge in [0.25, 0.3) is 0 Å². The van der Waals surface area contributed by atoms with E-state index in [0.29, 0.717) is 12.8 Å². The van der Waals surface area contributed by atoms with Crippen LogP contribution in [0.5, 0.6) is 0 Å². The van der Waals surface area contributed by atoms with Gasteiger partial charge in [0, 0.05) is 24.1 Å². The van der Waals surface area contributed by atoms with Gasteiger partial charge in [-0.15, -0.1) is 0 Å². The summed E-state index contributed by atoms with van der Waals surface area (Å²) in [6.45, 7) is 1.86. The van der Waals surface area contributed by atoms with Gasteiger partial charge >= 0.3 is 0 Å². The van der Waals surface area contributed by atoms with Crippen molar-refractivity contribution in [1.29, 1.82) is 0 Å². The number of ketones is 1. The molecule has 0 bridgehead atoms. The van der Waals surface area contributed by atoms with Crippen LogP contribution >= 0.6 is 0 Å². The summed E-state index contributed by atoms with van der Waals surface area (Å²) in [6.07, 6.45) is 2.59. The second-order valence-corrected chi connectivity index (χ2v) is 6.74. The van der Waals surface area contributed by atoms with Gasteiger partial charge in [-0.25, -0.2) is 0 Å². The molecule has 26 heavy (non-hydrogen) atoms. The fourth-order valence-corrected chi connectivity index (χ4v) is 3.93. The average Bonchev–Trinajstić information content (AvgIpc) is 2.83. The summed E-state index contributed by atoms with van der Waals surface area (Å²) in [5.74, 6) is 0.148. The van der Waals surface area contributed by atoms with Gasteiger partial charge in [-0.1, -0.05) is 49.4 Å². The summed E-state index contributed by atoms with van der Waals surface area (Å²) in [5.41, 5.74) is 4.37. The van der Waals surface area contributed by atoms with Gasteiger partial charge in [-0.05, 0) is 30.5 Å². The molecule has 132 valence electrons. The van der Waals surface area contributed by atoms with Gasteiger partial charge < -0.3 is 5.32 Å². The number of carbonyl (C=O) groups is 2. The van der Waals surface area contributed by atoms with Crippen molar-refractivity contribution >= 4 is 23.1 Å². The molecule has 0 spiro atoms. The number of hydrogen-bond donors (Lipinski definition) is 1. The van der Waals surface area contributed by atoms with Crippen molar-refractivity contribution < 1.29 is 9.59 Å². The van der Waals surface area contributed by atoms with Gasteiger partial charge in [-0.2, -0.15) is 0 Å². The molecule has 1 atom stereocenters. The number of nitrogens with one attached hydrogen (secondary N) is 1. The van der Waals surface area contributed by atoms with E-state index < -0.39 is 0 Å². The van der Waals surface area contributed by atoms with E-state index in [1.54, 1.807) is 0 Å². The minimum atomic E-state index is -0.386. The van der Waals surface area contributed by atoms with Crippen LogP contribution in [0.4, 0.5) is 11.4 Å². The van der Waals surface area contributed by atoms with Crippen molar-refractivity contribution in [3.05, 3.63) is 71.4 Å². The zero-order valence-electron chi connectivity index (χ0n) is 14.9. The number of carbonyl (C=O) groups excluding carboxylic acids is 2. The lowest BCUT2D eigenvalue weighted by molar-refractivity contribution is -0.118. The topological polar surface area (TPSA) is 49.4 Å². The number of rotatable bonds is 2. The largest absolute Gasteiger partial charge is 0.357 e. The molecule has 1 heterocycles. The maximum Gasteiger partial charge on any atom is 0.227 e. The number of anilines is 2. The summed E-state index contributed by atoms with van der Waals surface area (Å²) < 4.78 is 0. The Hall–Kier alpha value is -2.88. The normalized spacial score (nSPS) is 19.3. The minimum absolute atomic E-state index is 0.0141. The van der Waals surface area contributed by atoms with E-state index in [2.05, 4.69) is 5.32 Å². The van der Waals surface area contributed by atoms with Crippen molar-refractivity contribution in [3.63, 3.8) is 0 Å². The monoisotopic (exact) mass is 346 g/mol. The minimum Gasteiger partial charge on any atom is -0.357 e. The molecule has 1 aliphatic heterocycles. The number of amides is 1. The fraction of sp³-hybridized carbons (Fsp3) is 0.273. The number of benzene rings is 2. The Morgan fingerprint density at radius 1 is 1.08 bits per heavy atom. The zero-order valence-corrected chi connectivity index (χ0v) is 14.9. The molecule has 0 saturated heterocycles. The Labute approximate surface area is 153 Å². The summed E-state index contributed by atoms with van der Waals surface area (Å²) in [4.78, 5) is 27.8. The quantitative estimate of drug-likeness (QED) is 0.864. The van der Waals surface area contributed by atoms with Crippen LogP contribution in [0.2, 0.25) is 0 Å². The van der Waals surface area contributed by atoms with Crippen LogP contribution in [0.15, 0.2) is 65.9 Å². The van der Waals surface area contributed by atoms with Gasteiger partial charge in [-0.3, -0.25) is 14.5 Å². The molecule has 2 aliphatic rings. The molecule has 0 fully saturated rings. The van der Waals surface area contributed by atoms with Crippen molar-refractivity contribution in [1.82, 2.24) is 0 Å². The molecule has 4 heteroatoms. The van der Waals surface area contributed by atoms with Crippen LogP contribution < -0.4 is 10.2 Å². The summed E-state index contributed by atoms with van der Waals surface area (Å²) in [7, 11) is 0. The van der Waals surface area contributed by atoms with Crippen LogP contribution in [0.3, 0.4) is 0 Å². The molecule has 1 N–H and O–H groups in total. The molecular formula is C22H22N2O2. The molecule has 1 aliphatic carbocycles. The summed E-state index contributed by atoms with van der Waals surface area (Å²) in [6, 6.07) is 17.3. The third-order valence-electron chi connectivity index (χ3n) is 5.12. The Balaban J connectivity index is 2.00. The maximum absolute atomic E-state index is 13.0. The van der Waals surface area contributed by atoms with E-state index in [1.807, 2.05) is 66.4 Å². The Morgan fingerprint density at radius 3 is 2.58 bits per heavy atom. The van der Waals surface area contributed by atoms with E-state index >= 15 is 0 Å². The van der Waals surface area contributed by atoms with E-state index in [-0.39, 0.29) is 17.7 Å². The Bertz CT molecular complexity index is 886. The van der Waals surface area contributed by atoms with Gasteiger partial charge in [0.2, 0.25) is 5.91 Å². The van der Waals surface area contributed by atoms with Crippen LogP contribution in [0, 0.1) is 0 Å². The lowest BCUT2D eigenvalue weighted by Crippen LogP contribution is -2.37. The van der Waals surface area contributed by atoms with E-state index in [4.69, 9.17) is 0 Å². The highest BCUT2D eigenvalue weighted by molar-refractivity contribution is 6.06. The fourth-order valence-electron chi connectivity index (χ4n) is 3.93. The maximum atomic E-state index is 13.0. The van der Waals surface area contributed by atoms with E-state index in [1.165, 1.54) is 0 Å². The Morgan fingerprint density at radius 2 is 1.81 bits per heavy atom. The number of allylic oxidation sites excluding steroid dienone is 1. The molecule has 1 amide bonds. The summed E-state index contributed by atoms with van der Waals surface area (Å²) in [5, 5.41) is 3.47. The number of para-hydroxylation sites is 2. The third kappa shape index (κ3) is 2.71. The van der Waals surface area contributed by atoms with Crippen LogP contribution in [0.25, 0.3) is 0 Å². The first-order valence-corrected chi connectivity index (χ1v) is 9.20. The molecule has 0 saturated carbocycles. The third-order valence-corrected chi connectivity index (χ3v) is 5.12. The average molecular weight is 346 g/mol. The number of Topliss-reactive ketones (excluding diaryl/α,β-unsaturated/α-hetero) is 1. The molecule has 0 radical (unpaired) electrons. The zero-order chi connectivity index (χ0) is 18.1. The van der Waals surface area contributed by atoms with Gasteiger partial charge in [0.05, 0.1) is 17.4 Å². The smallest absolute Gasteiger partial charge is 0.227 e. The molecule has 0 unspecified atom stereocenters. The second-order valence-electron chi connectivity index (χ2n) is 6.74. The standard InChI is InChI=1S/C22H22N2O2/c1-2-20(26)24-18-13-7-6-11-16(18)23-17-12-8-14-19(25)21(17)22(24)15-9-4-3-5-10-15/h3-7,9-11,13,22-23H,2,8,12,14H2,1H3/t22-/m1/s1. The number of nitrogens with zero attached hydrogens (tertiary/aromatic N) is 1. The predicted octanol–water partition coefficient (Wildman–Crippen LogP) is 4.60. The van der Waals surface area contributed by atoms with Crippen LogP contribution in [-0.4, -0.2) is 11.7 Å². The highest BCUT2D eigenvalue weighted by Gasteiger charge is 2.38. The molecular weight excluding hydrogens is 324 g/mol. The molecule has 2 aromatic carbocycles. The van der Waals surface area contributed by atoms with Crippen LogP contribution in [-0.2, 0) is 9.59 Å². The van der Waals surface area contributed by atoms with Crippen LogP contribution in [0.1, 0.15) is 44.2 Å². The van der Waals surface area contributed by atoms with Crippen molar-refractivity contribution in [2.75, 3.05) is 10.2 Å². The van der Waals surface area contributed by atoms with Crippen molar-refractivity contribution in [2.24, 2.45) is 0 Å². The highest BCUT2D eigenvalue weighted by Crippen LogP contribution is 2.44. The second kappa shape index (κ2) is 6.79. The first-order chi connectivity index (χ1) is 12.7. The van der Waals surface area contributed by atoms with Gasteiger partial charge in [0.1, 0.15) is 0 Å². The van der Waals surface area contributed by atoms with E-state index in [9.17, 15) is 9.59 Å². The van der Waals surface area contributed by atoms with E-state index in [0.717, 1.165) is 41.1 Å². The van der Waals surface area contributed by atoms with Gasteiger partial charge in [0.15, 0.2) is 5.78 Å². The molecule has 2 aromatic rings. The highest BCUT2D eigenvalue weighted by atomic mass is 16.2. The SMILES string of the molecule is CCC(=O)N1c2ccccc2NC2=C(C(=O)CCC2)[C@H]1c1ccccc1. The molecule has 4 rings (SSSR count). The number of hydrogen-bond acceptors (Lipinski definition) is 3. The van der Waals surface area contributed by atoms with Crippen molar-refractivity contribution in [3.8, 4) is 0 Å². The summed E-state index contributed by atoms with van der Waals surface area (Å²) >= 11 is 0. The molecule has 4 nitrogen and oxygen atoms in total.